The van der Waals surface area contributed by atoms with Gasteiger partial charge in [0.25, 0.3) is 0 Å². The number of aromatic nitrogens is 4. The molecule has 0 aliphatic rings. The van der Waals surface area contributed by atoms with Crippen LogP contribution in [0.2, 0.25) is 0 Å². The minimum absolute atomic E-state index is 0.0345. The summed E-state index contributed by atoms with van der Waals surface area (Å²) in [6.07, 6.45) is 4.17. The molecule has 8 heteroatoms. The van der Waals surface area contributed by atoms with Gasteiger partial charge in [-0.25, -0.2) is 23.4 Å². The molecule has 0 bridgehead atoms. The Bertz CT molecular complexity index is 1220. The molecule has 2 heterocycles. The maximum absolute atomic E-state index is 13.5. The molecule has 2 aromatic heterocycles. The van der Waals surface area contributed by atoms with Crippen LogP contribution in [0.1, 0.15) is 11.3 Å². The number of nitrogens with zero attached hydrogens (tertiary/aromatic N) is 4. The van der Waals surface area contributed by atoms with E-state index in [0.717, 1.165) is 23.8 Å². The largest absolute Gasteiger partial charge is 0.505 e. The first-order valence-electron chi connectivity index (χ1n) is 8.63. The summed E-state index contributed by atoms with van der Waals surface area (Å²) >= 11 is 0. The summed E-state index contributed by atoms with van der Waals surface area (Å²) < 4.78 is 28.3. The van der Waals surface area contributed by atoms with Gasteiger partial charge in [-0.1, -0.05) is 18.2 Å². The summed E-state index contributed by atoms with van der Waals surface area (Å²) in [4.78, 5) is 20.4. The van der Waals surface area contributed by atoms with Crippen LogP contribution < -0.4 is 5.43 Å². The maximum Gasteiger partial charge on any atom is 0.203 e. The minimum Gasteiger partial charge on any atom is -0.505 e. The average molecular weight is 392 g/mol. The van der Waals surface area contributed by atoms with Crippen molar-refractivity contribution < 1.29 is 13.9 Å². The highest BCUT2D eigenvalue weighted by molar-refractivity contribution is 5.56. The van der Waals surface area contributed by atoms with Gasteiger partial charge in [-0.15, -0.1) is 0 Å². The summed E-state index contributed by atoms with van der Waals surface area (Å²) in [5.41, 5.74) is 1.61. The van der Waals surface area contributed by atoms with E-state index in [2.05, 4.69) is 15.1 Å². The summed E-state index contributed by atoms with van der Waals surface area (Å²) in [5, 5.41) is 13.6. The highest BCUT2D eigenvalue weighted by atomic mass is 19.1. The smallest absolute Gasteiger partial charge is 0.203 e. The molecule has 0 spiro atoms. The van der Waals surface area contributed by atoms with E-state index in [1.807, 2.05) is 18.2 Å². The molecule has 4 rings (SSSR count). The monoisotopic (exact) mass is 392 g/mol. The lowest BCUT2D eigenvalue weighted by Crippen LogP contribution is -2.16. The van der Waals surface area contributed by atoms with Crippen molar-refractivity contribution in [3.8, 4) is 22.8 Å². The van der Waals surface area contributed by atoms with E-state index in [9.17, 15) is 18.7 Å². The van der Waals surface area contributed by atoms with Gasteiger partial charge in [-0.3, -0.25) is 4.79 Å². The highest BCUT2D eigenvalue weighted by Crippen LogP contribution is 2.19. The maximum atomic E-state index is 13.5. The second kappa shape index (κ2) is 7.59. The van der Waals surface area contributed by atoms with Crippen molar-refractivity contribution in [2.75, 3.05) is 0 Å². The molecule has 0 unspecified atom stereocenters. The van der Waals surface area contributed by atoms with Crippen LogP contribution in [0.15, 0.2) is 71.9 Å². The molecule has 0 fully saturated rings. The first-order valence-corrected chi connectivity index (χ1v) is 8.63. The summed E-state index contributed by atoms with van der Waals surface area (Å²) in [6, 6.07) is 11.6. The Kier molecular flexibility index (Phi) is 4.82. The molecular weight excluding hydrogens is 378 g/mol. The van der Waals surface area contributed by atoms with Gasteiger partial charge in [0.1, 0.15) is 17.3 Å². The Hall–Kier alpha value is -3.94. The van der Waals surface area contributed by atoms with Crippen molar-refractivity contribution in [3.63, 3.8) is 0 Å². The fourth-order valence-electron chi connectivity index (χ4n) is 2.87. The number of hydrogen-bond donors (Lipinski definition) is 1. The first kappa shape index (κ1) is 18.4. The van der Waals surface area contributed by atoms with Crippen molar-refractivity contribution in [2.24, 2.45) is 0 Å². The quantitative estimate of drug-likeness (QED) is 0.577. The molecule has 4 aromatic rings. The van der Waals surface area contributed by atoms with E-state index in [1.165, 1.54) is 29.3 Å². The second-order valence-corrected chi connectivity index (χ2v) is 6.34. The molecule has 0 amide bonds. The summed E-state index contributed by atoms with van der Waals surface area (Å²) in [5.74, 6) is -1.07. The van der Waals surface area contributed by atoms with Crippen molar-refractivity contribution >= 4 is 0 Å². The van der Waals surface area contributed by atoms with Crippen LogP contribution in [0.25, 0.3) is 17.1 Å². The molecule has 1 N–H and O–H groups in total. The molecule has 2 aromatic carbocycles. The standard InChI is InChI=1S/C21H14F2N4O2/c22-15-8-16(23)10-17(9-15)27-5-4-20(29)19(26-27)7-13-2-1-3-14(6-13)21-24-11-18(28)12-25-21/h1-6,8-12,28H,7H2. The Balaban J connectivity index is 1.67. The lowest BCUT2D eigenvalue weighted by Gasteiger charge is -2.09. The Morgan fingerprint density at radius 3 is 2.41 bits per heavy atom. The number of rotatable bonds is 4. The van der Waals surface area contributed by atoms with E-state index in [1.54, 1.807) is 6.07 Å². The van der Waals surface area contributed by atoms with Gasteiger partial charge in [0.15, 0.2) is 11.6 Å². The minimum atomic E-state index is -0.733. The Morgan fingerprint density at radius 1 is 0.966 bits per heavy atom. The molecule has 29 heavy (non-hydrogen) atoms. The lowest BCUT2D eigenvalue weighted by atomic mass is 10.1. The third kappa shape index (κ3) is 4.16. The Morgan fingerprint density at radius 2 is 1.69 bits per heavy atom. The second-order valence-electron chi connectivity index (χ2n) is 6.34. The van der Waals surface area contributed by atoms with Crippen molar-refractivity contribution in [2.45, 2.75) is 6.42 Å². The number of halogens is 2. The fraction of sp³-hybridized carbons (Fsp3) is 0.0476. The van der Waals surface area contributed by atoms with E-state index >= 15 is 0 Å². The average Bonchev–Trinajstić information content (AvgIpc) is 2.70. The predicted molar refractivity (Wildman–Crippen MR) is 102 cm³/mol. The van der Waals surface area contributed by atoms with E-state index in [0.29, 0.717) is 11.4 Å². The SMILES string of the molecule is O=c1ccn(-c2cc(F)cc(F)c2)nc1Cc1cccc(-c2ncc(O)cn2)c1. The van der Waals surface area contributed by atoms with Crippen LogP contribution in [0, 0.1) is 11.6 Å². The molecular formula is C21H14F2N4O2. The van der Waals surface area contributed by atoms with Crippen LogP contribution >= 0.6 is 0 Å². The fourth-order valence-corrected chi connectivity index (χ4v) is 2.87. The zero-order valence-corrected chi connectivity index (χ0v) is 15.0. The van der Waals surface area contributed by atoms with Gasteiger partial charge in [-0.05, 0) is 23.8 Å². The highest BCUT2D eigenvalue weighted by Gasteiger charge is 2.09. The normalized spacial score (nSPS) is 10.8. The summed E-state index contributed by atoms with van der Waals surface area (Å²) in [7, 11) is 0. The van der Waals surface area contributed by atoms with Gasteiger partial charge in [0, 0.05) is 30.3 Å². The molecule has 6 nitrogen and oxygen atoms in total. The summed E-state index contributed by atoms with van der Waals surface area (Å²) in [6.45, 7) is 0. The number of hydrogen-bond acceptors (Lipinski definition) is 5. The molecule has 0 aliphatic heterocycles. The van der Waals surface area contributed by atoms with Gasteiger partial charge < -0.3 is 5.11 Å². The topological polar surface area (TPSA) is 80.9 Å². The molecule has 0 radical (unpaired) electrons. The van der Waals surface area contributed by atoms with Crippen LogP contribution in [0.5, 0.6) is 5.75 Å². The zero-order valence-electron chi connectivity index (χ0n) is 15.0. The predicted octanol–water partition coefficient (Wildman–Crippen LogP) is 3.26. The Labute approximate surface area is 163 Å². The van der Waals surface area contributed by atoms with E-state index < -0.39 is 11.6 Å². The van der Waals surface area contributed by atoms with Crippen LogP contribution in [0.3, 0.4) is 0 Å². The van der Waals surface area contributed by atoms with E-state index in [4.69, 9.17) is 0 Å². The third-order valence-electron chi connectivity index (χ3n) is 4.19. The number of benzene rings is 2. The van der Waals surface area contributed by atoms with Gasteiger partial charge in [0.05, 0.1) is 18.1 Å². The number of aromatic hydroxyl groups is 1. The molecule has 0 saturated heterocycles. The lowest BCUT2D eigenvalue weighted by molar-refractivity contribution is 0.470. The van der Waals surface area contributed by atoms with E-state index in [-0.39, 0.29) is 29.0 Å². The molecule has 0 atom stereocenters. The van der Waals surface area contributed by atoms with Crippen LogP contribution in [-0.2, 0) is 6.42 Å². The van der Waals surface area contributed by atoms with Gasteiger partial charge in [0.2, 0.25) is 5.43 Å². The van der Waals surface area contributed by atoms with Crippen LogP contribution in [-0.4, -0.2) is 24.9 Å². The third-order valence-corrected chi connectivity index (χ3v) is 4.19. The van der Waals surface area contributed by atoms with Crippen molar-refractivity contribution in [1.29, 1.82) is 0 Å². The van der Waals surface area contributed by atoms with Gasteiger partial charge in [-0.2, -0.15) is 5.10 Å². The zero-order chi connectivity index (χ0) is 20.4. The molecule has 144 valence electrons. The first-order chi connectivity index (χ1) is 14.0. The molecule has 0 saturated carbocycles. The van der Waals surface area contributed by atoms with Crippen molar-refractivity contribution in [3.05, 3.63) is 100 Å². The van der Waals surface area contributed by atoms with Crippen LogP contribution in [0.4, 0.5) is 8.78 Å². The van der Waals surface area contributed by atoms with Crippen molar-refractivity contribution in [1.82, 2.24) is 19.7 Å². The van der Waals surface area contributed by atoms with Gasteiger partial charge >= 0.3 is 0 Å². The molecule has 0 aliphatic carbocycles.